The molecule has 1 N–H and O–H groups in total. The molecule has 0 bridgehead atoms. The third-order valence-corrected chi connectivity index (χ3v) is 3.08. The highest BCUT2D eigenvalue weighted by Crippen LogP contribution is 2.33. The van der Waals surface area contributed by atoms with E-state index in [9.17, 15) is 9.90 Å². The van der Waals surface area contributed by atoms with Crippen LogP contribution in [0.3, 0.4) is 0 Å². The molecule has 86 valence electrons. The van der Waals surface area contributed by atoms with Crippen molar-refractivity contribution in [1.29, 1.82) is 0 Å². The van der Waals surface area contributed by atoms with Crippen LogP contribution in [0.5, 0.6) is 0 Å². The lowest BCUT2D eigenvalue weighted by Gasteiger charge is -2.35. The largest absolute Gasteiger partial charge is 0.479 e. The van der Waals surface area contributed by atoms with Gasteiger partial charge < -0.3 is 9.84 Å². The molecule has 1 atom stereocenters. The van der Waals surface area contributed by atoms with Crippen LogP contribution in [-0.4, -0.2) is 22.2 Å². The molecule has 1 aliphatic rings. The van der Waals surface area contributed by atoms with Gasteiger partial charge in [-0.1, -0.05) is 6.07 Å². The van der Waals surface area contributed by atoms with E-state index < -0.39 is 11.6 Å². The monoisotopic (exact) mass is 221 g/mol. The Hall–Kier alpha value is -1.42. The summed E-state index contributed by atoms with van der Waals surface area (Å²) in [5, 5.41) is 9.30. The van der Waals surface area contributed by atoms with Gasteiger partial charge in [0.1, 0.15) is 0 Å². The molecule has 4 nitrogen and oxygen atoms in total. The van der Waals surface area contributed by atoms with Gasteiger partial charge in [0.25, 0.3) is 0 Å². The summed E-state index contributed by atoms with van der Waals surface area (Å²) >= 11 is 0. The van der Waals surface area contributed by atoms with Crippen LogP contribution in [0.2, 0.25) is 0 Å². The zero-order valence-corrected chi connectivity index (χ0v) is 9.22. The normalized spacial score (nSPS) is 19.8. The Kier molecular flexibility index (Phi) is 2.92. The quantitative estimate of drug-likeness (QED) is 0.844. The van der Waals surface area contributed by atoms with Gasteiger partial charge in [-0.25, -0.2) is 4.79 Å². The average Bonchev–Trinajstić information content (AvgIpc) is 2.24. The first kappa shape index (κ1) is 11.1. The Morgan fingerprint density at radius 1 is 1.62 bits per heavy atom. The number of hydrogen-bond acceptors (Lipinski definition) is 3. The van der Waals surface area contributed by atoms with Crippen molar-refractivity contribution in [2.75, 3.05) is 0 Å². The summed E-state index contributed by atoms with van der Waals surface area (Å²) in [5.74, 6) is -0.965. The van der Waals surface area contributed by atoms with Crippen molar-refractivity contribution < 1.29 is 14.6 Å². The van der Waals surface area contributed by atoms with Crippen LogP contribution < -0.4 is 0 Å². The lowest BCUT2D eigenvalue weighted by atomic mass is 9.92. The fourth-order valence-corrected chi connectivity index (χ4v) is 1.71. The van der Waals surface area contributed by atoms with Crippen molar-refractivity contribution in [1.82, 2.24) is 4.98 Å². The number of aromatic nitrogens is 1. The molecule has 1 fully saturated rings. The topological polar surface area (TPSA) is 59.4 Å². The molecule has 0 saturated heterocycles. The Morgan fingerprint density at radius 2 is 2.38 bits per heavy atom. The minimum absolute atomic E-state index is 0.0707. The van der Waals surface area contributed by atoms with Gasteiger partial charge in [-0.2, -0.15) is 0 Å². The Morgan fingerprint density at radius 3 is 2.81 bits per heavy atom. The summed E-state index contributed by atoms with van der Waals surface area (Å²) in [6, 6.07) is 3.46. The third kappa shape index (κ3) is 1.93. The minimum Gasteiger partial charge on any atom is -0.479 e. The smallest absolute Gasteiger partial charge is 0.340 e. The van der Waals surface area contributed by atoms with Gasteiger partial charge in [0.15, 0.2) is 5.60 Å². The number of nitrogens with zero attached hydrogens (tertiary/aromatic N) is 1. The lowest BCUT2D eigenvalue weighted by molar-refractivity contribution is -0.179. The first-order valence-corrected chi connectivity index (χ1v) is 5.44. The number of hydrogen-bond donors (Lipinski definition) is 1. The fourth-order valence-electron chi connectivity index (χ4n) is 1.71. The van der Waals surface area contributed by atoms with Crippen LogP contribution in [0.4, 0.5) is 0 Å². The van der Waals surface area contributed by atoms with Crippen molar-refractivity contribution in [2.24, 2.45) is 0 Å². The second-order valence-electron chi connectivity index (χ2n) is 4.25. The van der Waals surface area contributed by atoms with Crippen LogP contribution in [0, 0.1) is 0 Å². The molecule has 1 heterocycles. The van der Waals surface area contributed by atoms with E-state index in [1.54, 1.807) is 31.5 Å². The van der Waals surface area contributed by atoms with E-state index in [1.165, 1.54) is 0 Å². The zero-order chi connectivity index (χ0) is 11.6. The van der Waals surface area contributed by atoms with E-state index in [-0.39, 0.29) is 6.10 Å². The lowest BCUT2D eigenvalue weighted by Crippen LogP contribution is -2.41. The highest BCUT2D eigenvalue weighted by Gasteiger charge is 2.40. The SMILES string of the molecule is CC(OC1CCC1)(C(=O)O)c1cccnc1. The van der Waals surface area contributed by atoms with Gasteiger partial charge in [-0.3, -0.25) is 4.98 Å². The third-order valence-electron chi connectivity index (χ3n) is 3.08. The molecule has 0 radical (unpaired) electrons. The summed E-state index contributed by atoms with van der Waals surface area (Å²) in [5.41, 5.74) is -0.686. The number of carboxylic acids is 1. The van der Waals surface area contributed by atoms with Crippen LogP contribution in [-0.2, 0) is 15.1 Å². The predicted octanol–water partition coefficient (Wildman–Crippen LogP) is 1.95. The maximum Gasteiger partial charge on any atom is 0.340 e. The van der Waals surface area contributed by atoms with Crippen LogP contribution in [0.15, 0.2) is 24.5 Å². The summed E-state index contributed by atoms with van der Waals surface area (Å²) in [6.45, 7) is 1.59. The van der Waals surface area contributed by atoms with Crippen molar-refractivity contribution in [2.45, 2.75) is 37.9 Å². The summed E-state index contributed by atoms with van der Waals surface area (Å²) < 4.78 is 5.68. The van der Waals surface area contributed by atoms with Crippen molar-refractivity contribution in [3.05, 3.63) is 30.1 Å². The van der Waals surface area contributed by atoms with Crippen LogP contribution >= 0.6 is 0 Å². The van der Waals surface area contributed by atoms with E-state index in [1.807, 2.05) is 0 Å². The van der Waals surface area contributed by atoms with E-state index in [0.717, 1.165) is 19.3 Å². The van der Waals surface area contributed by atoms with E-state index >= 15 is 0 Å². The molecule has 1 aliphatic carbocycles. The molecule has 1 aromatic heterocycles. The second kappa shape index (κ2) is 4.22. The van der Waals surface area contributed by atoms with Gasteiger partial charge in [0.2, 0.25) is 0 Å². The van der Waals surface area contributed by atoms with Gasteiger partial charge >= 0.3 is 5.97 Å². The first-order valence-electron chi connectivity index (χ1n) is 5.44. The summed E-state index contributed by atoms with van der Waals surface area (Å²) in [7, 11) is 0. The second-order valence-corrected chi connectivity index (χ2v) is 4.25. The molecule has 0 spiro atoms. The Labute approximate surface area is 94.3 Å². The number of rotatable bonds is 4. The van der Waals surface area contributed by atoms with Crippen LogP contribution in [0.25, 0.3) is 0 Å². The molecule has 0 aliphatic heterocycles. The van der Waals surface area contributed by atoms with Gasteiger partial charge in [0, 0.05) is 18.0 Å². The van der Waals surface area contributed by atoms with Crippen molar-refractivity contribution >= 4 is 5.97 Å². The van der Waals surface area contributed by atoms with E-state index in [2.05, 4.69) is 4.98 Å². The molecule has 2 rings (SSSR count). The fraction of sp³-hybridized carbons (Fsp3) is 0.500. The maximum atomic E-state index is 11.3. The number of aliphatic carboxylic acids is 1. The van der Waals surface area contributed by atoms with Crippen molar-refractivity contribution in [3.8, 4) is 0 Å². The number of carboxylic acid groups (broad SMARTS) is 1. The first-order chi connectivity index (χ1) is 7.63. The van der Waals surface area contributed by atoms with Gasteiger partial charge in [0.05, 0.1) is 6.10 Å². The highest BCUT2D eigenvalue weighted by molar-refractivity contribution is 5.78. The Bertz CT molecular complexity index is 375. The highest BCUT2D eigenvalue weighted by atomic mass is 16.5. The molecule has 1 aromatic rings. The van der Waals surface area contributed by atoms with Gasteiger partial charge in [-0.05, 0) is 32.3 Å². The minimum atomic E-state index is -1.28. The molecule has 0 aromatic carbocycles. The molecular formula is C12H15NO3. The number of ether oxygens (including phenoxy) is 1. The molecule has 0 amide bonds. The van der Waals surface area contributed by atoms with E-state index in [4.69, 9.17) is 4.74 Å². The van der Waals surface area contributed by atoms with E-state index in [0.29, 0.717) is 5.56 Å². The summed E-state index contributed by atoms with van der Waals surface area (Å²) in [6.07, 6.45) is 6.25. The molecule has 1 unspecified atom stereocenters. The van der Waals surface area contributed by atoms with Crippen LogP contribution in [0.1, 0.15) is 31.7 Å². The molecular weight excluding hydrogens is 206 g/mol. The number of pyridine rings is 1. The van der Waals surface area contributed by atoms with Gasteiger partial charge in [-0.15, -0.1) is 0 Å². The number of carbonyl (C=O) groups is 1. The summed E-state index contributed by atoms with van der Waals surface area (Å²) in [4.78, 5) is 15.3. The predicted molar refractivity (Wildman–Crippen MR) is 57.9 cm³/mol. The average molecular weight is 221 g/mol. The molecule has 4 heteroatoms. The maximum absolute atomic E-state index is 11.3. The Balaban J connectivity index is 2.24. The zero-order valence-electron chi connectivity index (χ0n) is 9.22. The molecule has 1 saturated carbocycles. The van der Waals surface area contributed by atoms with Crippen molar-refractivity contribution in [3.63, 3.8) is 0 Å². The molecule has 16 heavy (non-hydrogen) atoms. The standard InChI is InChI=1S/C12H15NO3/c1-12(11(14)15,16-10-5-2-6-10)9-4-3-7-13-8-9/h3-4,7-8,10H,2,5-6H2,1H3,(H,14,15).